The normalized spacial score (nSPS) is 28.4. The van der Waals surface area contributed by atoms with Gasteiger partial charge in [0, 0.05) is 38.8 Å². The number of carbonyl (C=O) groups is 1. The maximum absolute atomic E-state index is 12.3. The van der Waals surface area contributed by atoms with Crippen LogP contribution in [0.2, 0.25) is 0 Å². The number of rotatable bonds is 3. The van der Waals surface area contributed by atoms with Crippen LogP contribution >= 0.6 is 0 Å². The van der Waals surface area contributed by atoms with Gasteiger partial charge in [0.15, 0.2) is 0 Å². The van der Waals surface area contributed by atoms with Crippen molar-refractivity contribution in [1.82, 2.24) is 20.0 Å². The predicted molar refractivity (Wildman–Crippen MR) is 89.0 cm³/mol. The van der Waals surface area contributed by atoms with Gasteiger partial charge in [0.05, 0.1) is 0 Å². The fourth-order valence-electron chi connectivity index (χ4n) is 4.06. The van der Waals surface area contributed by atoms with Crippen molar-refractivity contribution in [2.75, 3.05) is 52.4 Å². The molecule has 0 aromatic heterocycles. The average Bonchev–Trinajstić information content (AvgIpc) is 2.56. The molecular weight excluding hydrogens is 276 g/mol. The maximum Gasteiger partial charge on any atom is 0.317 e. The van der Waals surface area contributed by atoms with Crippen molar-refractivity contribution in [2.45, 2.75) is 45.1 Å². The zero-order valence-corrected chi connectivity index (χ0v) is 14.1. The van der Waals surface area contributed by atoms with Crippen molar-refractivity contribution >= 4 is 6.03 Å². The lowest BCUT2D eigenvalue weighted by Crippen LogP contribution is -2.58. The molecule has 1 N–H and O–H groups in total. The number of hydrogen-bond acceptors (Lipinski definition) is 3. The smallest absolute Gasteiger partial charge is 0.317 e. The molecule has 3 rings (SSSR count). The van der Waals surface area contributed by atoms with Gasteiger partial charge in [-0.05, 0) is 51.2 Å². The maximum atomic E-state index is 12.3. The van der Waals surface area contributed by atoms with Crippen molar-refractivity contribution in [3.05, 3.63) is 0 Å². The van der Waals surface area contributed by atoms with E-state index in [0.717, 1.165) is 38.6 Å². The summed E-state index contributed by atoms with van der Waals surface area (Å²) in [6, 6.07) is 0.757. The van der Waals surface area contributed by atoms with Crippen LogP contribution in [0.5, 0.6) is 0 Å². The molecule has 126 valence electrons. The van der Waals surface area contributed by atoms with E-state index >= 15 is 0 Å². The molecular formula is C17H32N4O. The first-order valence-electron chi connectivity index (χ1n) is 9.21. The van der Waals surface area contributed by atoms with Gasteiger partial charge in [-0.2, -0.15) is 0 Å². The second-order valence-electron chi connectivity index (χ2n) is 7.39. The van der Waals surface area contributed by atoms with Crippen LogP contribution in [0.4, 0.5) is 4.79 Å². The Labute approximate surface area is 135 Å². The summed E-state index contributed by atoms with van der Waals surface area (Å²) in [5.74, 6) is 0.873. The number of nitrogens with one attached hydrogen (secondary N) is 1. The Balaban J connectivity index is 1.35. The zero-order chi connectivity index (χ0) is 15.4. The minimum atomic E-state index is 0.149. The highest BCUT2D eigenvalue weighted by molar-refractivity contribution is 5.74. The molecule has 0 aromatic carbocycles. The van der Waals surface area contributed by atoms with E-state index in [-0.39, 0.29) is 6.03 Å². The standard InChI is InChI=1S/C17H32N4O/c1-15-5-9-19(10-6-15)11-7-18-17(22)21-13-12-20-8-3-2-4-16(20)14-21/h15-16H,2-14H2,1H3,(H,18,22). The molecule has 0 saturated carbocycles. The molecule has 0 aromatic rings. The SMILES string of the molecule is CC1CCN(CCNC(=O)N2CCN3CCCCC3C2)CC1. The van der Waals surface area contributed by atoms with E-state index in [1.54, 1.807) is 0 Å². The molecule has 3 aliphatic rings. The van der Waals surface area contributed by atoms with Gasteiger partial charge in [0.2, 0.25) is 0 Å². The van der Waals surface area contributed by atoms with E-state index in [4.69, 9.17) is 0 Å². The minimum Gasteiger partial charge on any atom is -0.337 e. The molecule has 0 spiro atoms. The number of likely N-dealkylation sites (tertiary alicyclic amines) is 1. The molecule has 0 radical (unpaired) electrons. The number of piperidine rings is 2. The average molecular weight is 308 g/mol. The number of nitrogens with zero attached hydrogens (tertiary/aromatic N) is 3. The van der Waals surface area contributed by atoms with Gasteiger partial charge in [-0.3, -0.25) is 4.90 Å². The number of fused-ring (bicyclic) bond motifs is 1. The zero-order valence-electron chi connectivity index (χ0n) is 14.1. The number of hydrogen-bond donors (Lipinski definition) is 1. The molecule has 1 unspecified atom stereocenters. The largest absolute Gasteiger partial charge is 0.337 e. The molecule has 3 aliphatic heterocycles. The van der Waals surface area contributed by atoms with Crippen molar-refractivity contribution in [2.24, 2.45) is 5.92 Å². The van der Waals surface area contributed by atoms with Gasteiger partial charge in [0.1, 0.15) is 0 Å². The first kappa shape index (κ1) is 16.1. The fourth-order valence-corrected chi connectivity index (χ4v) is 4.06. The van der Waals surface area contributed by atoms with E-state index in [1.807, 2.05) is 4.90 Å². The highest BCUT2D eigenvalue weighted by atomic mass is 16.2. The van der Waals surface area contributed by atoms with E-state index in [1.165, 1.54) is 51.7 Å². The minimum absolute atomic E-state index is 0.149. The molecule has 5 nitrogen and oxygen atoms in total. The van der Waals surface area contributed by atoms with Gasteiger partial charge in [0.25, 0.3) is 0 Å². The lowest BCUT2D eigenvalue weighted by atomic mass is 9.99. The summed E-state index contributed by atoms with van der Waals surface area (Å²) in [6.45, 7) is 10.6. The lowest BCUT2D eigenvalue weighted by Gasteiger charge is -2.44. The molecule has 3 heterocycles. The lowest BCUT2D eigenvalue weighted by molar-refractivity contribution is 0.0641. The third kappa shape index (κ3) is 4.13. The van der Waals surface area contributed by atoms with Crippen molar-refractivity contribution < 1.29 is 4.79 Å². The highest BCUT2D eigenvalue weighted by Gasteiger charge is 2.30. The molecule has 3 saturated heterocycles. The summed E-state index contributed by atoms with van der Waals surface area (Å²) in [5.41, 5.74) is 0. The Morgan fingerprint density at radius 3 is 2.68 bits per heavy atom. The summed E-state index contributed by atoms with van der Waals surface area (Å²) in [4.78, 5) is 19.4. The molecule has 3 fully saturated rings. The monoisotopic (exact) mass is 308 g/mol. The Kier molecular flexibility index (Phi) is 5.58. The quantitative estimate of drug-likeness (QED) is 0.861. The number of urea groups is 1. The van der Waals surface area contributed by atoms with Crippen LogP contribution in [0, 0.1) is 5.92 Å². The molecule has 0 aliphatic carbocycles. The van der Waals surface area contributed by atoms with Crippen LogP contribution in [-0.4, -0.2) is 79.1 Å². The molecule has 0 bridgehead atoms. The van der Waals surface area contributed by atoms with Crippen LogP contribution in [0.15, 0.2) is 0 Å². The van der Waals surface area contributed by atoms with Crippen molar-refractivity contribution in [1.29, 1.82) is 0 Å². The number of carbonyl (C=O) groups excluding carboxylic acids is 1. The van der Waals surface area contributed by atoms with Crippen LogP contribution in [0.25, 0.3) is 0 Å². The van der Waals surface area contributed by atoms with Gasteiger partial charge in [-0.15, -0.1) is 0 Å². The Hall–Kier alpha value is -0.810. The van der Waals surface area contributed by atoms with Crippen LogP contribution in [0.3, 0.4) is 0 Å². The number of piperazine rings is 1. The van der Waals surface area contributed by atoms with E-state index < -0.39 is 0 Å². The van der Waals surface area contributed by atoms with E-state index in [0.29, 0.717) is 6.04 Å². The van der Waals surface area contributed by atoms with Gasteiger partial charge < -0.3 is 15.1 Å². The highest BCUT2D eigenvalue weighted by Crippen LogP contribution is 2.21. The van der Waals surface area contributed by atoms with Crippen LogP contribution in [-0.2, 0) is 0 Å². The van der Waals surface area contributed by atoms with Crippen molar-refractivity contribution in [3.8, 4) is 0 Å². The second kappa shape index (κ2) is 7.64. The number of amides is 2. The van der Waals surface area contributed by atoms with Gasteiger partial charge >= 0.3 is 6.03 Å². The first-order chi connectivity index (χ1) is 10.7. The first-order valence-corrected chi connectivity index (χ1v) is 9.21. The van der Waals surface area contributed by atoms with Gasteiger partial charge in [-0.1, -0.05) is 13.3 Å². The topological polar surface area (TPSA) is 38.8 Å². The third-order valence-electron chi connectivity index (χ3n) is 5.71. The Bertz CT molecular complexity index is 368. The third-order valence-corrected chi connectivity index (χ3v) is 5.71. The summed E-state index contributed by atoms with van der Waals surface area (Å²) in [5, 5.41) is 3.13. The van der Waals surface area contributed by atoms with E-state index in [2.05, 4.69) is 22.0 Å². The van der Waals surface area contributed by atoms with E-state index in [9.17, 15) is 4.79 Å². The summed E-state index contributed by atoms with van der Waals surface area (Å²) >= 11 is 0. The molecule has 2 amide bonds. The molecule has 22 heavy (non-hydrogen) atoms. The Morgan fingerprint density at radius 2 is 1.86 bits per heavy atom. The molecule has 5 heteroatoms. The fraction of sp³-hybridized carbons (Fsp3) is 0.941. The molecule has 1 atom stereocenters. The summed E-state index contributed by atoms with van der Waals surface area (Å²) < 4.78 is 0. The Morgan fingerprint density at radius 1 is 1.05 bits per heavy atom. The summed E-state index contributed by atoms with van der Waals surface area (Å²) in [7, 11) is 0. The van der Waals surface area contributed by atoms with Crippen molar-refractivity contribution in [3.63, 3.8) is 0 Å². The summed E-state index contributed by atoms with van der Waals surface area (Å²) in [6.07, 6.45) is 6.52. The van der Waals surface area contributed by atoms with Crippen LogP contribution in [0.1, 0.15) is 39.0 Å². The van der Waals surface area contributed by atoms with Crippen LogP contribution < -0.4 is 5.32 Å². The van der Waals surface area contributed by atoms with Gasteiger partial charge in [-0.25, -0.2) is 4.79 Å². The second-order valence-corrected chi connectivity index (χ2v) is 7.39. The predicted octanol–water partition coefficient (Wildman–Crippen LogP) is 1.60.